The first-order valence-corrected chi connectivity index (χ1v) is 7.51. The Morgan fingerprint density at radius 3 is 2.44 bits per heavy atom. The zero-order chi connectivity index (χ0) is 18.2. The Morgan fingerprint density at radius 2 is 1.80 bits per heavy atom. The van der Waals surface area contributed by atoms with Gasteiger partial charge >= 0.3 is 11.9 Å². The molecule has 0 fully saturated rings. The van der Waals surface area contributed by atoms with E-state index in [4.69, 9.17) is 15.2 Å². The van der Waals surface area contributed by atoms with Crippen molar-refractivity contribution in [1.82, 2.24) is 0 Å². The lowest BCUT2D eigenvalue weighted by atomic mass is 10.1. The summed E-state index contributed by atoms with van der Waals surface area (Å²) in [6.45, 7) is 0. The van der Waals surface area contributed by atoms with E-state index < -0.39 is 30.1 Å². The van der Waals surface area contributed by atoms with Crippen molar-refractivity contribution in [1.29, 1.82) is 0 Å². The molecule has 0 bridgehead atoms. The van der Waals surface area contributed by atoms with Gasteiger partial charge in [0.05, 0.1) is 7.11 Å². The number of nitrogens with two attached hydrogens (primary N) is 1. The van der Waals surface area contributed by atoms with Gasteiger partial charge in [0.15, 0.2) is 6.23 Å². The van der Waals surface area contributed by atoms with Gasteiger partial charge in [-0.1, -0.05) is 36.4 Å². The van der Waals surface area contributed by atoms with Crippen LogP contribution in [0.15, 0.2) is 54.6 Å². The number of hydrogen-bond donors (Lipinski definition) is 1. The van der Waals surface area contributed by atoms with Crippen molar-refractivity contribution >= 4 is 11.9 Å². The van der Waals surface area contributed by atoms with Gasteiger partial charge in [0.2, 0.25) is 0 Å². The number of rotatable bonds is 6. The summed E-state index contributed by atoms with van der Waals surface area (Å²) in [7, 11) is 1.06. The SMILES string of the molecule is COC(=O)C(=O)OC(N)CC(Oc1cccc(F)c1)c1ccccc1. The molecule has 0 aromatic heterocycles. The third-order valence-electron chi connectivity index (χ3n) is 3.30. The van der Waals surface area contributed by atoms with Crippen LogP contribution in [0.5, 0.6) is 5.75 Å². The highest BCUT2D eigenvalue weighted by Crippen LogP contribution is 2.26. The summed E-state index contributed by atoms with van der Waals surface area (Å²) in [6, 6.07) is 14.7. The minimum atomic E-state index is -1.19. The van der Waals surface area contributed by atoms with Crippen LogP contribution >= 0.6 is 0 Å². The molecule has 0 aliphatic carbocycles. The molecule has 0 aliphatic heterocycles. The fourth-order valence-electron chi connectivity index (χ4n) is 2.15. The predicted molar refractivity (Wildman–Crippen MR) is 86.9 cm³/mol. The lowest BCUT2D eigenvalue weighted by Crippen LogP contribution is -2.33. The van der Waals surface area contributed by atoms with Gasteiger partial charge < -0.3 is 14.2 Å². The summed E-state index contributed by atoms with van der Waals surface area (Å²) in [4.78, 5) is 22.5. The third kappa shape index (κ3) is 5.58. The molecule has 25 heavy (non-hydrogen) atoms. The van der Waals surface area contributed by atoms with Crippen molar-refractivity contribution in [3.63, 3.8) is 0 Å². The van der Waals surface area contributed by atoms with Gasteiger partial charge in [-0.25, -0.2) is 14.0 Å². The van der Waals surface area contributed by atoms with E-state index in [1.807, 2.05) is 18.2 Å². The lowest BCUT2D eigenvalue weighted by Gasteiger charge is -2.22. The molecule has 2 rings (SSSR count). The van der Waals surface area contributed by atoms with E-state index in [0.29, 0.717) is 5.75 Å². The van der Waals surface area contributed by atoms with Crippen molar-refractivity contribution in [2.75, 3.05) is 7.11 Å². The fraction of sp³-hybridized carbons (Fsp3) is 0.222. The summed E-state index contributed by atoms with van der Waals surface area (Å²) in [5.41, 5.74) is 6.54. The van der Waals surface area contributed by atoms with Gasteiger partial charge in [0.25, 0.3) is 0 Å². The van der Waals surface area contributed by atoms with Crippen molar-refractivity contribution in [3.8, 4) is 5.75 Å². The monoisotopic (exact) mass is 347 g/mol. The van der Waals surface area contributed by atoms with E-state index in [1.54, 1.807) is 18.2 Å². The number of carbonyl (C=O) groups is 2. The molecule has 0 saturated heterocycles. The van der Waals surface area contributed by atoms with E-state index in [0.717, 1.165) is 12.7 Å². The molecule has 0 amide bonds. The second-order valence-corrected chi connectivity index (χ2v) is 5.15. The molecule has 2 aromatic rings. The molecule has 0 saturated carbocycles. The number of ether oxygens (including phenoxy) is 3. The molecule has 132 valence electrons. The Labute approximate surface area is 144 Å². The first-order valence-electron chi connectivity index (χ1n) is 7.51. The van der Waals surface area contributed by atoms with E-state index in [1.165, 1.54) is 18.2 Å². The van der Waals surface area contributed by atoms with Crippen molar-refractivity contribution in [2.45, 2.75) is 18.8 Å². The Balaban J connectivity index is 2.12. The Kier molecular flexibility index (Phi) is 6.47. The predicted octanol–water partition coefficient (Wildman–Crippen LogP) is 2.34. The molecule has 2 unspecified atom stereocenters. The fourth-order valence-corrected chi connectivity index (χ4v) is 2.15. The van der Waals surface area contributed by atoms with Crippen LogP contribution in [0.2, 0.25) is 0 Å². The molecule has 0 radical (unpaired) electrons. The molecular weight excluding hydrogens is 329 g/mol. The largest absolute Gasteiger partial charge is 0.485 e. The highest BCUT2D eigenvalue weighted by Gasteiger charge is 2.24. The van der Waals surface area contributed by atoms with Crippen LogP contribution in [0.4, 0.5) is 4.39 Å². The molecule has 0 heterocycles. The highest BCUT2D eigenvalue weighted by atomic mass is 19.1. The number of esters is 2. The number of methoxy groups -OCH3 is 1. The normalized spacial score (nSPS) is 12.8. The maximum absolute atomic E-state index is 13.4. The zero-order valence-corrected chi connectivity index (χ0v) is 13.6. The summed E-state index contributed by atoms with van der Waals surface area (Å²) in [5, 5.41) is 0. The Bertz CT molecular complexity index is 722. The number of hydrogen-bond acceptors (Lipinski definition) is 6. The van der Waals surface area contributed by atoms with Gasteiger partial charge in [-0.15, -0.1) is 0 Å². The summed E-state index contributed by atoms with van der Waals surface area (Å²) < 4.78 is 28.2. The minimum Gasteiger partial charge on any atom is -0.485 e. The first-order chi connectivity index (χ1) is 12.0. The molecule has 0 spiro atoms. The second kappa shape index (κ2) is 8.79. The average molecular weight is 347 g/mol. The van der Waals surface area contributed by atoms with Gasteiger partial charge in [0, 0.05) is 12.5 Å². The summed E-state index contributed by atoms with van der Waals surface area (Å²) in [5.74, 6) is -2.46. The number of carbonyl (C=O) groups excluding carboxylic acids is 2. The van der Waals surface area contributed by atoms with Crippen LogP contribution in [-0.2, 0) is 19.1 Å². The highest BCUT2D eigenvalue weighted by molar-refractivity contribution is 6.29. The number of benzene rings is 2. The first kappa shape index (κ1) is 18.4. The molecular formula is C18H18FNO5. The lowest BCUT2D eigenvalue weighted by molar-refractivity contribution is -0.169. The van der Waals surface area contributed by atoms with Crippen LogP contribution in [0.3, 0.4) is 0 Å². The standard InChI is InChI=1S/C18H18FNO5/c1-23-17(21)18(22)25-16(20)11-15(12-6-3-2-4-7-12)24-14-9-5-8-13(19)10-14/h2-10,15-16H,11,20H2,1H3. The number of halogens is 1. The van der Waals surface area contributed by atoms with E-state index in [-0.39, 0.29) is 6.42 Å². The van der Waals surface area contributed by atoms with Gasteiger partial charge in [0.1, 0.15) is 17.7 Å². The maximum atomic E-state index is 13.4. The van der Waals surface area contributed by atoms with E-state index in [2.05, 4.69) is 4.74 Å². The zero-order valence-electron chi connectivity index (χ0n) is 13.6. The Morgan fingerprint density at radius 1 is 1.08 bits per heavy atom. The molecule has 2 atom stereocenters. The minimum absolute atomic E-state index is 0.0588. The van der Waals surface area contributed by atoms with Crippen molar-refractivity contribution < 1.29 is 28.2 Å². The average Bonchev–Trinajstić information content (AvgIpc) is 2.61. The summed E-state index contributed by atoms with van der Waals surface area (Å²) >= 11 is 0. The molecule has 2 N–H and O–H groups in total. The topological polar surface area (TPSA) is 87.9 Å². The van der Waals surface area contributed by atoms with Crippen LogP contribution < -0.4 is 10.5 Å². The van der Waals surface area contributed by atoms with Crippen molar-refractivity contribution in [3.05, 3.63) is 66.0 Å². The van der Waals surface area contributed by atoms with Crippen LogP contribution in [0, 0.1) is 5.82 Å². The van der Waals surface area contributed by atoms with Gasteiger partial charge in [-0.3, -0.25) is 5.73 Å². The van der Waals surface area contributed by atoms with E-state index >= 15 is 0 Å². The van der Waals surface area contributed by atoms with Gasteiger partial charge in [-0.2, -0.15) is 0 Å². The van der Waals surface area contributed by atoms with Crippen LogP contribution in [-0.4, -0.2) is 25.3 Å². The summed E-state index contributed by atoms with van der Waals surface area (Å²) in [6.07, 6.45) is -1.66. The molecule has 7 heteroatoms. The quantitative estimate of drug-likeness (QED) is 0.490. The molecule has 6 nitrogen and oxygen atoms in total. The second-order valence-electron chi connectivity index (χ2n) is 5.15. The van der Waals surface area contributed by atoms with Crippen LogP contribution in [0.25, 0.3) is 0 Å². The van der Waals surface area contributed by atoms with Crippen LogP contribution in [0.1, 0.15) is 18.1 Å². The van der Waals surface area contributed by atoms with E-state index in [9.17, 15) is 14.0 Å². The Hall–Kier alpha value is -2.93. The van der Waals surface area contributed by atoms with Gasteiger partial charge in [-0.05, 0) is 17.7 Å². The molecule has 2 aromatic carbocycles. The third-order valence-corrected chi connectivity index (χ3v) is 3.30. The molecule has 0 aliphatic rings. The smallest absolute Gasteiger partial charge is 0.419 e. The maximum Gasteiger partial charge on any atom is 0.419 e. The van der Waals surface area contributed by atoms with Crippen molar-refractivity contribution in [2.24, 2.45) is 5.73 Å².